The lowest BCUT2D eigenvalue weighted by molar-refractivity contribution is -0.121. The molecule has 0 fully saturated rings. The van der Waals surface area contributed by atoms with E-state index in [0.717, 1.165) is 0 Å². The van der Waals surface area contributed by atoms with E-state index >= 15 is 0 Å². The molecule has 0 saturated heterocycles. The highest BCUT2D eigenvalue weighted by atomic mass is 16.2. The zero-order valence-corrected chi connectivity index (χ0v) is 17.3. The molecule has 0 aliphatic carbocycles. The standard InChI is InChI=1S/C26H28N2O2/c1-20(25(21-12-5-2-6-13-21)22-14-7-3-8-15-22)28-24(29)18-11-19-27-26(30)23-16-9-4-10-17-23/h2-10,12-17,20,25H,11,18-19H2,1H3,(H,27,30)(H,28,29). The number of carbonyl (C=O) groups is 2. The Morgan fingerprint density at radius 2 is 1.27 bits per heavy atom. The summed E-state index contributed by atoms with van der Waals surface area (Å²) in [7, 11) is 0. The van der Waals surface area contributed by atoms with Crippen molar-refractivity contribution in [3.63, 3.8) is 0 Å². The van der Waals surface area contributed by atoms with Gasteiger partial charge in [0.05, 0.1) is 0 Å². The lowest BCUT2D eigenvalue weighted by Gasteiger charge is -2.26. The van der Waals surface area contributed by atoms with Gasteiger partial charge in [0.2, 0.25) is 5.91 Å². The van der Waals surface area contributed by atoms with Crippen LogP contribution in [0.2, 0.25) is 0 Å². The minimum atomic E-state index is -0.113. The van der Waals surface area contributed by atoms with Crippen LogP contribution >= 0.6 is 0 Å². The Bertz CT molecular complexity index is 888. The SMILES string of the molecule is CC(NC(=O)CCCNC(=O)c1ccccc1)C(c1ccccc1)c1ccccc1. The van der Waals surface area contributed by atoms with Crippen LogP contribution in [0.15, 0.2) is 91.0 Å². The van der Waals surface area contributed by atoms with Gasteiger partial charge in [0, 0.05) is 30.5 Å². The van der Waals surface area contributed by atoms with Gasteiger partial charge < -0.3 is 10.6 Å². The van der Waals surface area contributed by atoms with Gasteiger partial charge in [-0.3, -0.25) is 9.59 Å². The molecular weight excluding hydrogens is 372 g/mol. The highest BCUT2D eigenvalue weighted by Gasteiger charge is 2.22. The van der Waals surface area contributed by atoms with Crippen molar-refractivity contribution in [3.05, 3.63) is 108 Å². The first-order valence-corrected chi connectivity index (χ1v) is 10.4. The fraction of sp³-hybridized carbons (Fsp3) is 0.231. The van der Waals surface area contributed by atoms with Crippen LogP contribution in [0.4, 0.5) is 0 Å². The van der Waals surface area contributed by atoms with Crippen molar-refractivity contribution in [2.24, 2.45) is 0 Å². The maximum Gasteiger partial charge on any atom is 0.251 e. The minimum Gasteiger partial charge on any atom is -0.353 e. The normalized spacial score (nSPS) is 11.7. The Morgan fingerprint density at radius 1 is 0.767 bits per heavy atom. The summed E-state index contributed by atoms with van der Waals surface area (Å²) < 4.78 is 0. The predicted octanol–water partition coefficient (Wildman–Crippen LogP) is 4.53. The zero-order valence-electron chi connectivity index (χ0n) is 17.3. The van der Waals surface area contributed by atoms with E-state index in [0.29, 0.717) is 24.9 Å². The Kier molecular flexibility index (Phi) is 7.78. The van der Waals surface area contributed by atoms with Crippen LogP contribution in [0, 0.1) is 0 Å². The number of carbonyl (C=O) groups excluding carboxylic acids is 2. The molecule has 3 aromatic carbocycles. The maximum atomic E-state index is 12.5. The van der Waals surface area contributed by atoms with Gasteiger partial charge in [-0.2, -0.15) is 0 Å². The molecule has 30 heavy (non-hydrogen) atoms. The molecule has 0 heterocycles. The van der Waals surface area contributed by atoms with E-state index < -0.39 is 0 Å². The van der Waals surface area contributed by atoms with E-state index in [1.807, 2.05) is 61.5 Å². The molecule has 0 aliphatic heterocycles. The quantitative estimate of drug-likeness (QED) is 0.518. The summed E-state index contributed by atoms with van der Waals surface area (Å²) in [5.74, 6) is -0.0416. The Morgan fingerprint density at radius 3 is 1.80 bits per heavy atom. The molecule has 0 saturated carbocycles. The molecule has 0 radical (unpaired) electrons. The molecule has 1 unspecified atom stereocenters. The van der Waals surface area contributed by atoms with Gasteiger partial charge >= 0.3 is 0 Å². The molecule has 4 heteroatoms. The molecule has 3 aromatic rings. The van der Waals surface area contributed by atoms with E-state index in [9.17, 15) is 9.59 Å². The molecule has 4 nitrogen and oxygen atoms in total. The van der Waals surface area contributed by atoms with Gasteiger partial charge in [-0.1, -0.05) is 78.9 Å². The molecule has 2 N–H and O–H groups in total. The Hall–Kier alpha value is -3.40. The second kappa shape index (κ2) is 11.0. The lowest BCUT2D eigenvalue weighted by Crippen LogP contribution is -2.37. The second-order valence-electron chi connectivity index (χ2n) is 7.38. The van der Waals surface area contributed by atoms with E-state index in [2.05, 4.69) is 34.9 Å². The van der Waals surface area contributed by atoms with Crippen LogP contribution in [0.5, 0.6) is 0 Å². The van der Waals surface area contributed by atoms with Crippen molar-refractivity contribution < 1.29 is 9.59 Å². The van der Waals surface area contributed by atoms with Crippen LogP contribution in [-0.2, 0) is 4.79 Å². The zero-order chi connectivity index (χ0) is 21.2. The Balaban J connectivity index is 1.52. The second-order valence-corrected chi connectivity index (χ2v) is 7.38. The number of hydrogen-bond acceptors (Lipinski definition) is 2. The number of hydrogen-bond donors (Lipinski definition) is 2. The fourth-order valence-corrected chi connectivity index (χ4v) is 3.64. The predicted molar refractivity (Wildman–Crippen MR) is 120 cm³/mol. The smallest absolute Gasteiger partial charge is 0.251 e. The van der Waals surface area contributed by atoms with Crippen molar-refractivity contribution in [1.82, 2.24) is 10.6 Å². The topological polar surface area (TPSA) is 58.2 Å². The van der Waals surface area contributed by atoms with Crippen molar-refractivity contribution in [1.29, 1.82) is 0 Å². The fourth-order valence-electron chi connectivity index (χ4n) is 3.64. The van der Waals surface area contributed by atoms with Crippen LogP contribution in [0.3, 0.4) is 0 Å². The highest BCUT2D eigenvalue weighted by Crippen LogP contribution is 2.28. The van der Waals surface area contributed by atoms with E-state index in [1.165, 1.54) is 11.1 Å². The molecule has 0 aromatic heterocycles. The molecule has 1 atom stereocenters. The van der Waals surface area contributed by atoms with E-state index in [-0.39, 0.29) is 23.8 Å². The van der Waals surface area contributed by atoms with Crippen molar-refractivity contribution in [2.45, 2.75) is 31.7 Å². The van der Waals surface area contributed by atoms with Crippen LogP contribution < -0.4 is 10.6 Å². The molecule has 0 spiro atoms. The number of benzene rings is 3. The molecule has 154 valence electrons. The molecule has 2 amide bonds. The van der Waals surface area contributed by atoms with Gasteiger partial charge in [0.1, 0.15) is 0 Å². The maximum absolute atomic E-state index is 12.5. The van der Waals surface area contributed by atoms with Crippen molar-refractivity contribution >= 4 is 11.8 Å². The Labute approximate surface area is 178 Å². The largest absolute Gasteiger partial charge is 0.353 e. The summed E-state index contributed by atoms with van der Waals surface area (Å²) in [5.41, 5.74) is 2.97. The first kappa shape index (κ1) is 21.3. The number of amides is 2. The van der Waals surface area contributed by atoms with Gasteiger partial charge in [-0.25, -0.2) is 0 Å². The number of nitrogens with one attached hydrogen (secondary N) is 2. The van der Waals surface area contributed by atoms with Gasteiger partial charge in [0.15, 0.2) is 0 Å². The van der Waals surface area contributed by atoms with Crippen LogP contribution in [0.25, 0.3) is 0 Å². The van der Waals surface area contributed by atoms with Gasteiger partial charge in [0.25, 0.3) is 5.91 Å². The summed E-state index contributed by atoms with van der Waals surface area (Å²) in [6, 6.07) is 29.5. The van der Waals surface area contributed by atoms with Crippen molar-refractivity contribution in [2.75, 3.05) is 6.54 Å². The van der Waals surface area contributed by atoms with Crippen LogP contribution in [-0.4, -0.2) is 24.4 Å². The molecular formula is C26H28N2O2. The lowest BCUT2D eigenvalue weighted by atomic mass is 9.86. The average Bonchev–Trinajstić information content (AvgIpc) is 2.79. The molecule has 0 bridgehead atoms. The van der Waals surface area contributed by atoms with E-state index in [1.54, 1.807) is 12.1 Å². The van der Waals surface area contributed by atoms with Crippen LogP contribution in [0.1, 0.15) is 47.2 Å². The van der Waals surface area contributed by atoms with Gasteiger partial charge in [-0.15, -0.1) is 0 Å². The molecule has 0 aliphatic rings. The molecule has 3 rings (SSSR count). The summed E-state index contributed by atoms with van der Waals surface area (Å²) in [4.78, 5) is 24.6. The summed E-state index contributed by atoms with van der Waals surface area (Å²) in [6.45, 7) is 2.51. The monoisotopic (exact) mass is 400 g/mol. The van der Waals surface area contributed by atoms with E-state index in [4.69, 9.17) is 0 Å². The summed E-state index contributed by atoms with van der Waals surface area (Å²) in [6.07, 6.45) is 0.966. The van der Waals surface area contributed by atoms with Crippen molar-refractivity contribution in [3.8, 4) is 0 Å². The first-order valence-electron chi connectivity index (χ1n) is 10.4. The highest BCUT2D eigenvalue weighted by molar-refractivity contribution is 5.94. The third-order valence-electron chi connectivity index (χ3n) is 5.11. The minimum absolute atomic E-state index is 0.00618. The summed E-state index contributed by atoms with van der Waals surface area (Å²) >= 11 is 0. The average molecular weight is 401 g/mol. The first-order chi connectivity index (χ1) is 14.6. The third kappa shape index (κ3) is 6.05. The summed E-state index contributed by atoms with van der Waals surface area (Å²) in [5, 5.41) is 6.01. The number of rotatable bonds is 9. The van der Waals surface area contributed by atoms with Gasteiger partial charge in [-0.05, 0) is 36.6 Å². The third-order valence-corrected chi connectivity index (χ3v) is 5.11.